The lowest BCUT2D eigenvalue weighted by molar-refractivity contribution is -0.145. The maximum Gasteiger partial charge on any atom is 0.334 e. The molecule has 0 spiro atoms. The van der Waals surface area contributed by atoms with E-state index in [1.807, 2.05) is 0 Å². The Kier molecular flexibility index (Phi) is 4.72. The van der Waals surface area contributed by atoms with Crippen molar-refractivity contribution in [2.45, 2.75) is 18.9 Å². The number of carbonyl (C=O) groups is 2. The van der Waals surface area contributed by atoms with Gasteiger partial charge in [0.2, 0.25) is 0 Å². The summed E-state index contributed by atoms with van der Waals surface area (Å²) in [7, 11) is 0. The maximum absolute atomic E-state index is 12.3. The predicted octanol–water partition coefficient (Wildman–Crippen LogP) is 2.25. The van der Waals surface area contributed by atoms with Crippen molar-refractivity contribution < 1.29 is 14.7 Å². The molecule has 1 unspecified atom stereocenters. The summed E-state index contributed by atoms with van der Waals surface area (Å²) < 4.78 is 0. The average molecular weight is 320 g/mol. The third-order valence-electron chi connectivity index (χ3n) is 3.38. The summed E-state index contributed by atoms with van der Waals surface area (Å²) in [6.45, 7) is 1.69. The molecule has 1 atom stereocenters. The zero-order chi connectivity index (χ0) is 16.2. The van der Waals surface area contributed by atoms with Gasteiger partial charge in [0.15, 0.2) is 5.54 Å². The minimum atomic E-state index is -1.54. The van der Waals surface area contributed by atoms with E-state index in [1.54, 1.807) is 31.2 Å². The molecule has 0 aliphatic rings. The molecular formula is C15H14ClN3O3. The molecule has 0 aliphatic heterocycles. The number of hydrogen-bond donors (Lipinski definition) is 2. The lowest BCUT2D eigenvalue weighted by Gasteiger charge is -2.30. The minimum absolute atomic E-state index is 0.170. The number of carboxylic acids is 1. The first kappa shape index (κ1) is 15.9. The predicted molar refractivity (Wildman–Crippen MR) is 80.6 cm³/mol. The second-order valence-corrected chi connectivity index (χ2v) is 5.09. The van der Waals surface area contributed by atoms with Crippen LogP contribution in [0.15, 0.2) is 43.0 Å². The topological polar surface area (TPSA) is 92.2 Å². The lowest BCUT2D eigenvalue weighted by atomic mass is 9.87. The third kappa shape index (κ3) is 3.07. The highest BCUT2D eigenvalue weighted by molar-refractivity contribution is 6.30. The Balaban J connectivity index is 2.40. The van der Waals surface area contributed by atoms with Crippen molar-refractivity contribution in [1.29, 1.82) is 0 Å². The molecule has 2 rings (SSSR count). The van der Waals surface area contributed by atoms with Gasteiger partial charge in [-0.15, -0.1) is 0 Å². The van der Waals surface area contributed by atoms with Gasteiger partial charge in [0, 0.05) is 17.4 Å². The van der Waals surface area contributed by atoms with E-state index in [4.69, 9.17) is 11.6 Å². The average Bonchev–Trinajstić information content (AvgIpc) is 2.54. The monoisotopic (exact) mass is 319 g/mol. The fourth-order valence-corrected chi connectivity index (χ4v) is 2.24. The molecule has 1 aromatic carbocycles. The molecule has 0 saturated heterocycles. The summed E-state index contributed by atoms with van der Waals surface area (Å²) in [4.78, 5) is 31.6. The normalized spacial score (nSPS) is 13.2. The molecule has 0 bridgehead atoms. The summed E-state index contributed by atoms with van der Waals surface area (Å²) >= 11 is 5.83. The zero-order valence-corrected chi connectivity index (χ0v) is 12.5. The Hall–Kier alpha value is -2.47. The Morgan fingerprint density at radius 1 is 1.23 bits per heavy atom. The highest BCUT2D eigenvalue weighted by Gasteiger charge is 2.40. The van der Waals surface area contributed by atoms with Crippen LogP contribution in [-0.2, 0) is 10.3 Å². The minimum Gasteiger partial charge on any atom is -0.479 e. The van der Waals surface area contributed by atoms with E-state index in [-0.39, 0.29) is 12.0 Å². The molecule has 114 valence electrons. The smallest absolute Gasteiger partial charge is 0.334 e. The van der Waals surface area contributed by atoms with Crippen molar-refractivity contribution in [3.8, 4) is 0 Å². The summed E-state index contributed by atoms with van der Waals surface area (Å²) in [6, 6.07) is 6.34. The number of aromatic nitrogens is 2. The third-order valence-corrected chi connectivity index (χ3v) is 3.63. The zero-order valence-electron chi connectivity index (χ0n) is 11.8. The van der Waals surface area contributed by atoms with Crippen molar-refractivity contribution in [1.82, 2.24) is 15.3 Å². The molecule has 0 fully saturated rings. The van der Waals surface area contributed by atoms with Crippen LogP contribution in [0.5, 0.6) is 0 Å². The van der Waals surface area contributed by atoms with Crippen LogP contribution in [0, 0.1) is 0 Å². The molecule has 0 saturated carbocycles. The molecule has 2 N–H and O–H groups in total. The van der Waals surface area contributed by atoms with Crippen molar-refractivity contribution in [2.75, 3.05) is 0 Å². The number of nitrogens with zero attached hydrogens (tertiary/aromatic N) is 2. The van der Waals surface area contributed by atoms with E-state index in [0.29, 0.717) is 10.6 Å². The van der Waals surface area contributed by atoms with Crippen LogP contribution >= 0.6 is 11.6 Å². The number of aliphatic carboxylic acids is 1. The molecule has 22 heavy (non-hydrogen) atoms. The fraction of sp³-hybridized carbons (Fsp3) is 0.200. The number of hydrogen-bond acceptors (Lipinski definition) is 4. The quantitative estimate of drug-likeness (QED) is 0.881. The van der Waals surface area contributed by atoms with Crippen molar-refractivity contribution in [3.05, 3.63) is 59.1 Å². The van der Waals surface area contributed by atoms with Gasteiger partial charge in [-0.25, -0.2) is 14.8 Å². The molecule has 1 amide bonds. The Labute approximate surface area is 132 Å². The van der Waals surface area contributed by atoms with Crippen molar-refractivity contribution in [2.24, 2.45) is 0 Å². The number of rotatable bonds is 5. The molecule has 6 nitrogen and oxygen atoms in total. The highest BCUT2D eigenvalue weighted by Crippen LogP contribution is 2.27. The standard InChI is InChI=1S/C15H14ClN3O3/c1-2-15(14(21)22,11-3-5-12(16)6-4-11)19-13(20)10-7-17-9-18-8-10/h3-9H,2H2,1H3,(H,19,20)(H,21,22). The first-order chi connectivity index (χ1) is 10.5. The number of halogens is 1. The Morgan fingerprint density at radius 2 is 1.82 bits per heavy atom. The van der Waals surface area contributed by atoms with E-state index in [0.717, 1.165) is 0 Å². The van der Waals surface area contributed by atoms with E-state index in [2.05, 4.69) is 15.3 Å². The number of nitrogens with one attached hydrogen (secondary N) is 1. The van der Waals surface area contributed by atoms with Gasteiger partial charge in [0.05, 0.1) is 5.56 Å². The van der Waals surface area contributed by atoms with Crippen LogP contribution in [0.3, 0.4) is 0 Å². The first-order valence-electron chi connectivity index (χ1n) is 6.56. The van der Waals surface area contributed by atoms with Crippen LogP contribution in [0.25, 0.3) is 0 Å². The van der Waals surface area contributed by atoms with Gasteiger partial charge >= 0.3 is 5.97 Å². The van der Waals surface area contributed by atoms with Crippen LogP contribution in [-0.4, -0.2) is 27.0 Å². The van der Waals surface area contributed by atoms with Crippen LogP contribution < -0.4 is 5.32 Å². The Morgan fingerprint density at radius 3 is 2.32 bits per heavy atom. The lowest BCUT2D eigenvalue weighted by Crippen LogP contribution is -2.51. The van der Waals surface area contributed by atoms with Gasteiger partial charge in [-0.3, -0.25) is 4.79 Å². The van der Waals surface area contributed by atoms with Crippen LogP contribution in [0.1, 0.15) is 29.3 Å². The van der Waals surface area contributed by atoms with Crippen LogP contribution in [0.4, 0.5) is 0 Å². The van der Waals surface area contributed by atoms with E-state index < -0.39 is 17.4 Å². The van der Waals surface area contributed by atoms with Gasteiger partial charge in [0.25, 0.3) is 5.91 Å². The molecule has 0 aliphatic carbocycles. The van der Waals surface area contributed by atoms with Gasteiger partial charge in [-0.1, -0.05) is 30.7 Å². The van der Waals surface area contributed by atoms with Gasteiger partial charge in [-0.2, -0.15) is 0 Å². The van der Waals surface area contributed by atoms with E-state index in [9.17, 15) is 14.7 Å². The number of carbonyl (C=O) groups excluding carboxylic acids is 1. The van der Waals surface area contributed by atoms with Gasteiger partial charge in [0.1, 0.15) is 6.33 Å². The molecular weight excluding hydrogens is 306 g/mol. The van der Waals surface area contributed by atoms with Gasteiger partial charge in [-0.05, 0) is 24.1 Å². The van der Waals surface area contributed by atoms with Crippen molar-refractivity contribution >= 4 is 23.5 Å². The molecule has 1 aromatic heterocycles. The number of benzene rings is 1. The Bertz CT molecular complexity index is 676. The summed E-state index contributed by atoms with van der Waals surface area (Å²) in [5.74, 6) is -1.71. The van der Waals surface area contributed by atoms with Gasteiger partial charge < -0.3 is 10.4 Å². The van der Waals surface area contributed by atoms with Crippen molar-refractivity contribution in [3.63, 3.8) is 0 Å². The SMILES string of the molecule is CCC(NC(=O)c1cncnc1)(C(=O)O)c1ccc(Cl)cc1. The maximum atomic E-state index is 12.3. The first-order valence-corrected chi connectivity index (χ1v) is 6.94. The summed E-state index contributed by atoms with van der Waals surface area (Å²) in [5, 5.41) is 12.7. The van der Waals surface area contributed by atoms with E-state index >= 15 is 0 Å². The van der Waals surface area contributed by atoms with Crippen LogP contribution in [0.2, 0.25) is 5.02 Å². The van der Waals surface area contributed by atoms with E-state index in [1.165, 1.54) is 18.7 Å². The molecule has 1 heterocycles. The molecule has 0 radical (unpaired) electrons. The largest absolute Gasteiger partial charge is 0.479 e. The highest BCUT2D eigenvalue weighted by atomic mass is 35.5. The number of carboxylic acid groups (broad SMARTS) is 1. The summed E-state index contributed by atoms with van der Waals surface area (Å²) in [5.41, 5.74) is -0.912. The second-order valence-electron chi connectivity index (χ2n) is 4.65. The molecule has 7 heteroatoms. The second kappa shape index (κ2) is 6.53. The number of amides is 1. The summed E-state index contributed by atoms with van der Waals surface area (Å²) in [6.07, 6.45) is 4.11. The molecule has 2 aromatic rings. The fourth-order valence-electron chi connectivity index (χ4n) is 2.11.